The van der Waals surface area contributed by atoms with E-state index < -0.39 is 0 Å². The summed E-state index contributed by atoms with van der Waals surface area (Å²) in [6.45, 7) is 2.81. The fraction of sp³-hybridized carbons (Fsp3) is 0.500. The summed E-state index contributed by atoms with van der Waals surface area (Å²) in [7, 11) is 0. The highest BCUT2D eigenvalue weighted by atomic mass is 16.5. The second kappa shape index (κ2) is 6.53. The van der Waals surface area contributed by atoms with Gasteiger partial charge in [-0.25, -0.2) is 0 Å². The number of carbonyl (C=O) groups is 1. The number of rotatable bonds is 6. The predicted octanol–water partition coefficient (Wildman–Crippen LogP) is 0.930. The van der Waals surface area contributed by atoms with Gasteiger partial charge in [0.15, 0.2) is 0 Å². The SMILES string of the molecule is O=C(NCCCn1cccn1)c1cn[nH]c1C1CCOC1. The molecule has 1 fully saturated rings. The van der Waals surface area contributed by atoms with Gasteiger partial charge < -0.3 is 10.1 Å². The van der Waals surface area contributed by atoms with Gasteiger partial charge in [0.05, 0.1) is 24.1 Å². The number of ether oxygens (including phenoxy) is 1. The van der Waals surface area contributed by atoms with Crippen molar-refractivity contribution >= 4 is 5.91 Å². The van der Waals surface area contributed by atoms with Gasteiger partial charge >= 0.3 is 0 Å². The van der Waals surface area contributed by atoms with Crippen LogP contribution in [0.5, 0.6) is 0 Å². The molecule has 3 heterocycles. The molecule has 0 aliphatic carbocycles. The van der Waals surface area contributed by atoms with Crippen LogP contribution in [0.2, 0.25) is 0 Å². The number of nitrogens with zero attached hydrogens (tertiary/aromatic N) is 3. The van der Waals surface area contributed by atoms with Crippen LogP contribution in [-0.2, 0) is 11.3 Å². The van der Waals surface area contributed by atoms with Gasteiger partial charge in [0.25, 0.3) is 5.91 Å². The van der Waals surface area contributed by atoms with E-state index in [1.807, 2.05) is 16.9 Å². The van der Waals surface area contributed by atoms with E-state index in [2.05, 4.69) is 20.6 Å². The van der Waals surface area contributed by atoms with Gasteiger partial charge in [-0.1, -0.05) is 0 Å². The van der Waals surface area contributed by atoms with E-state index in [0.717, 1.165) is 31.7 Å². The Morgan fingerprint density at radius 1 is 1.57 bits per heavy atom. The molecule has 2 aromatic heterocycles. The van der Waals surface area contributed by atoms with Crippen molar-refractivity contribution in [2.75, 3.05) is 19.8 Å². The molecule has 3 rings (SSSR count). The summed E-state index contributed by atoms with van der Waals surface area (Å²) in [5, 5.41) is 14.0. The van der Waals surface area contributed by atoms with Crippen molar-refractivity contribution in [1.29, 1.82) is 0 Å². The second-order valence-corrected chi connectivity index (χ2v) is 5.14. The summed E-state index contributed by atoms with van der Waals surface area (Å²) >= 11 is 0. The number of hydrogen-bond donors (Lipinski definition) is 2. The number of aryl methyl sites for hydroxylation is 1. The number of H-pyrrole nitrogens is 1. The Kier molecular flexibility index (Phi) is 4.30. The predicted molar refractivity (Wildman–Crippen MR) is 75.9 cm³/mol. The van der Waals surface area contributed by atoms with E-state index in [4.69, 9.17) is 4.74 Å². The summed E-state index contributed by atoms with van der Waals surface area (Å²) in [6.07, 6.45) is 7.03. The zero-order valence-corrected chi connectivity index (χ0v) is 11.8. The van der Waals surface area contributed by atoms with Gasteiger partial charge in [-0.3, -0.25) is 14.6 Å². The van der Waals surface area contributed by atoms with Crippen LogP contribution < -0.4 is 5.32 Å². The van der Waals surface area contributed by atoms with Crippen molar-refractivity contribution in [2.45, 2.75) is 25.3 Å². The molecule has 0 aromatic carbocycles. The van der Waals surface area contributed by atoms with Crippen LogP contribution in [0.1, 0.15) is 34.8 Å². The Balaban J connectivity index is 1.50. The van der Waals surface area contributed by atoms with Crippen molar-refractivity contribution in [3.8, 4) is 0 Å². The molecule has 21 heavy (non-hydrogen) atoms. The van der Waals surface area contributed by atoms with E-state index in [1.165, 1.54) is 0 Å². The van der Waals surface area contributed by atoms with Crippen LogP contribution in [-0.4, -0.2) is 45.6 Å². The molecule has 0 spiro atoms. The van der Waals surface area contributed by atoms with E-state index in [-0.39, 0.29) is 11.8 Å². The number of amides is 1. The molecule has 1 aliphatic heterocycles. The summed E-state index contributed by atoms with van der Waals surface area (Å²) in [4.78, 5) is 12.2. The lowest BCUT2D eigenvalue weighted by Crippen LogP contribution is -2.26. The Bertz CT molecular complexity index is 572. The lowest BCUT2D eigenvalue weighted by molar-refractivity contribution is 0.0951. The zero-order chi connectivity index (χ0) is 14.5. The molecule has 7 heteroatoms. The van der Waals surface area contributed by atoms with E-state index >= 15 is 0 Å². The molecule has 0 saturated carbocycles. The summed E-state index contributed by atoms with van der Waals surface area (Å²) in [5.41, 5.74) is 1.52. The highest BCUT2D eigenvalue weighted by Crippen LogP contribution is 2.25. The average Bonchev–Trinajstić information content (AvgIpc) is 3.24. The maximum absolute atomic E-state index is 12.2. The summed E-state index contributed by atoms with van der Waals surface area (Å²) in [5.74, 6) is 0.170. The Labute approximate surface area is 122 Å². The molecule has 1 saturated heterocycles. The number of hydrogen-bond acceptors (Lipinski definition) is 4. The number of aromatic nitrogens is 4. The molecule has 0 radical (unpaired) electrons. The van der Waals surface area contributed by atoms with Gasteiger partial charge in [-0.2, -0.15) is 10.2 Å². The van der Waals surface area contributed by atoms with Crippen LogP contribution in [0, 0.1) is 0 Å². The lowest BCUT2D eigenvalue weighted by Gasteiger charge is -2.09. The van der Waals surface area contributed by atoms with Crippen LogP contribution in [0.4, 0.5) is 0 Å². The van der Waals surface area contributed by atoms with E-state index in [1.54, 1.807) is 12.4 Å². The minimum absolute atomic E-state index is 0.0777. The number of carbonyl (C=O) groups excluding carboxylic acids is 1. The first kappa shape index (κ1) is 13.8. The first-order chi connectivity index (χ1) is 10.3. The van der Waals surface area contributed by atoms with Crippen LogP contribution in [0.25, 0.3) is 0 Å². The van der Waals surface area contributed by atoms with Gasteiger partial charge in [-0.05, 0) is 18.9 Å². The van der Waals surface area contributed by atoms with E-state index in [9.17, 15) is 4.79 Å². The van der Waals surface area contributed by atoms with Gasteiger partial charge in [0.1, 0.15) is 0 Å². The number of aromatic amines is 1. The van der Waals surface area contributed by atoms with Gasteiger partial charge in [0, 0.05) is 38.0 Å². The third-order valence-electron chi connectivity index (χ3n) is 3.66. The average molecular weight is 289 g/mol. The molecule has 1 amide bonds. The van der Waals surface area contributed by atoms with Crippen LogP contribution in [0.3, 0.4) is 0 Å². The van der Waals surface area contributed by atoms with Crippen molar-refractivity contribution in [2.24, 2.45) is 0 Å². The number of nitrogens with one attached hydrogen (secondary N) is 2. The normalized spacial score (nSPS) is 18.0. The smallest absolute Gasteiger partial charge is 0.254 e. The molecular weight excluding hydrogens is 270 g/mol. The topological polar surface area (TPSA) is 84.8 Å². The van der Waals surface area contributed by atoms with Crippen LogP contribution in [0.15, 0.2) is 24.7 Å². The molecule has 2 aromatic rings. The minimum atomic E-state index is -0.0777. The maximum atomic E-state index is 12.2. The van der Waals surface area contributed by atoms with E-state index in [0.29, 0.717) is 18.7 Å². The standard InChI is InChI=1S/C14H19N5O2/c20-14(15-4-1-6-19-7-2-5-17-19)12-9-16-18-13(12)11-3-8-21-10-11/h2,5,7,9,11H,1,3-4,6,8,10H2,(H,15,20)(H,16,18). The first-order valence-corrected chi connectivity index (χ1v) is 7.21. The Morgan fingerprint density at radius 3 is 3.29 bits per heavy atom. The minimum Gasteiger partial charge on any atom is -0.381 e. The Hall–Kier alpha value is -2.15. The fourth-order valence-corrected chi connectivity index (χ4v) is 2.52. The molecule has 2 N–H and O–H groups in total. The van der Waals surface area contributed by atoms with Crippen molar-refractivity contribution in [1.82, 2.24) is 25.3 Å². The molecule has 0 bridgehead atoms. The van der Waals surface area contributed by atoms with Crippen molar-refractivity contribution in [3.05, 3.63) is 35.9 Å². The van der Waals surface area contributed by atoms with Gasteiger partial charge in [-0.15, -0.1) is 0 Å². The Morgan fingerprint density at radius 2 is 2.52 bits per heavy atom. The highest BCUT2D eigenvalue weighted by Gasteiger charge is 2.24. The third-order valence-corrected chi connectivity index (χ3v) is 3.66. The molecule has 112 valence electrons. The fourth-order valence-electron chi connectivity index (χ4n) is 2.52. The second-order valence-electron chi connectivity index (χ2n) is 5.14. The maximum Gasteiger partial charge on any atom is 0.254 e. The van der Waals surface area contributed by atoms with Crippen molar-refractivity contribution in [3.63, 3.8) is 0 Å². The van der Waals surface area contributed by atoms with Crippen LogP contribution >= 0.6 is 0 Å². The quantitative estimate of drug-likeness (QED) is 0.775. The molecule has 1 atom stereocenters. The first-order valence-electron chi connectivity index (χ1n) is 7.21. The lowest BCUT2D eigenvalue weighted by atomic mass is 10.0. The molecular formula is C14H19N5O2. The largest absolute Gasteiger partial charge is 0.381 e. The summed E-state index contributed by atoms with van der Waals surface area (Å²) < 4.78 is 7.22. The zero-order valence-electron chi connectivity index (χ0n) is 11.8. The molecule has 7 nitrogen and oxygen atoms in total. The third kappa shape index (κ3) is 3.30. The molecule has 1 unspecified atom stereocenters. The highest BCUT2D eigenvalue weighted by molar-refractivity contribution is 5.95. The summed E-state index contributed by atoms with van der Waals surface area (Å²) in [6, 6.07) is 1.89. The monoisotopic (exact) mass is 289 g/mol. The van der Waals surface area contributed by atoms with Gasteiger partial charge in [0.2, 0.25) is 0 Å². The van der Waals surface area contributed by atoms with Crippen molar-refractivity contribution < 1.29 is 9.53 Å². The molecule has 1 aliphatic rings.